The third-order valence-corrected chi connectivity index (χ3v) is 5.37. The van der Waals surface area contributed by atoms with Gasteiger partial charge in [-0.1, -0.05) is 44.2 Å². The van der Waals surface area contributed by atoms with E-state index in [9.17, 15) is 4.79 Å². The third-order valence-electron chi connectivity index (χ3n) is 5.37. The molecule has 5 heteroatoms. The largest absolute Gasteiger partial charge is 0.356 e. The summed E-state index contributed by atoms with van der Waals surface area (Å²) < 4.78 is 0. The van der Waals surface area contributed by atoms with Crippen molar-refractivity contribution in [3.63, 3.8) is 0 Å². The number of piperidine rings is 1. The molecule has 1 amide bonds. The Labute approximate surface area is 168 Å². The normalized spacial score (nSPS) is 15.1. The average molecular weight is 381 g/mol. The van der Waals surface area contributed by atoms with Crippen LogP contribution < -0.4 is 10.2 Å². The minimum absolute atomic E-state index is 0.105. The van der Waals surface area contributed by atoms with Gasteiger partial charge >= 0.3 is 0 Å². The molecule has 0 unspecified atom stereocenters. The first-order valence-corrected chi connectivity index (χ1v) is 10.4. The number of anilines is 1. The molecule has 1 aromatic heterocycles. The van der Waals surface area contributed by atoms with Gasteiger partial charge in [0.2, 0.25) is 0 Å². The third kappa shape index (κ3) is 5.78. The Morgan fingerprint density at radius 3 is 2.57 bits per heavy atom. The number of hydrogen-bond acceptors (Lipinski definition) is 4. The van der Waals surface area contributed by atoms with Crippen LogP contribution in [-0.4, -0.2) is 35.5 Å². The number of benzene rings is 1. The van der Waals surface area contributed by atoms with Crippen LogP contribution in [0.2, 0.25) is 0 Å². The van der Waals surface area contributed by atoms with E-state index >= 15 is 0 Å². The molecule has 3 rings (SSSR count). The summed E-state index contributed by atoms with van der Waals surface area (Å²) in [7, 11) is 0. The number of nitrogens with zero attached hydrogens (tertiary/aromatic N) is 3. The molecular weight excluding hydrogens is 348 g/mol. The molecular formula is C23H32N4O. The predicted octanol–water partition coefficient (Wildman–Crippen LogP) is 4.02. The maximum Gasteiger partial charge on any atom is 0.270 e. The molecule has 0 aliphatic carbocycles. The number of aryl methyl sites for hydroxylation is 1. The summed E-state index contributed by atoms with van der Waals surface area (Å²) in [6.07, 6.45) is 4.40. The van der Waals surface area contributed by atoms with Crippen LogP contribution in [0.1, 0.15) is 55.0 Å². The summed E-state index contributed by atoms with van der Waals surface area (Å²) in [6, 6.07) is 12.6. The van der Waals surface area contributed by atoms with E-state index in [0.29, 0.717) is 29.9 Å². The fourth-order valence-corrected chi connectivity index (χ4v) is 3.71. The van der Waals surface area contributed by atoms with E-state index in [2.05, 4.69) is 64.4 Å². The minimum atomic E-state index is -0.105. The van der Waals surface area contributed by atoms with Crippen molar-refractivity contribution in [1.29, 1.82) is 0 Å². The van der Waals surface area contributed by atoms with Gasteiger partial charge in [-0.2, -0.15) is 0 Å². The first-order chi connectivity index (χ1) is 13.5. The maximum atomic E-state index is 12.4. The summed E-state index contributed by atoms with van der Waals surface area (Å²) in [6.45, 7) is 8.79. The lowest BCUT2D eigenvalue weighted by Crippen LogP contribution is -2.35. The summed E-state index contributed by atoms with van der Waals surface area (Å²) >= 11 is 0. The number of nitrogens with one attached hydrogen (secondary N) is 1. The first-order valence-electron chi connectivity index (χ1n) is 10.4. The van der Waals surface area contributed by atoms with Crippen molar-refractivity contribution < 1.29 is 4.79 Å². The molecule has 1 aliphatic rings. The van der Waals surface area contributed by atoms with Crippen molar-refractivity contribution >= 4 is 11.7 Å². The van der Waals surface area contributed by atoms with E-state index in [-0.39, 0.29) is 5.91 Å². The topological polar surface area (TPSA) is 58.1 Å². The smallest absolute Gasteiger partial charge is 0.270 e. The van der Waals surface area contributed by atoms with E-state index in [1.807, 2.05) is 13.0 Å². The number of carbonyl (C=O) groups is 1. The monoisotopic (exact) mass is 380 g/mol. The standard InChI is InChI=1S/C23H32N4O/c1-17(2)9-12-24-23(28)21-16-22(26-18(3)25-21)27-13-10-20(11-14-27)15-19-7-5-4-6-8-19/h4-8,16-17,20H,9-15H2,1-3H3,(H,24,28). The molecule has 1 fully saturated rings. The second kappa shape index (κ2) is 9.67. The highest BCUT2D eigenvalue weighted by atomic mass is 16.1. The molecule has 0 atom stereocenters. The number of aromatic nitrogens is 2. The Bertz CT molecular complexity index is 767. The summed E-state index contributed by atoms with van der Waals surface area (Å²) in [5.41, 5.74) is 1.89. The van der Waals surface area contributed by atoms with Crippen LogP contribution >= 0.6 is 0 Å². The molecule has 1 saturated heterocycles. The van der Waals surface area contributed by atoms with Gasteiger partial charge in [-0.15, -0.1) is 0 Å². The minimum Gasteiger partial charge on any atom is -0.356 e. The van der Waals surface area contributed by atoms with Crippen LogP contribution in [0, 0.1) is 18.8 Å². The van der Waals surface area contributed by atoms with Gasteiger partial charge in [0.25, 0.3) is 5.91 Å². The SMILES string of the molecule is Cc1nc(C(=O)NCCC(C)C)cc(N2CCC(Cc3ccccc3)CC2)n1. The number of hydrogen-bond donors (Lipinski definition) is 1. The molecule has 1 aliphatic heterocycles. The Hall–Kier alpha value is -2.43. The van der Waals surface area contributed by atoms with Gasteiger partial charge in [0, 0.05) is 25.7 Å². The molecule has 0 bridgehead atoms. The molecule has 5 nitrogen and oxygen atoms in total. The van der Waals surface area contributed by atoms with E-state index < -0.39 is 0 Å². The van der Waals surface area contributed by atoms with E-state index in [0.717, 1.165) is 44.6 Å². The zero-order valence-corrected chi connectivity index (χ0v) is 17.3. The van der Waals surface area contributed by atoms with E-state index in [4.69, 9.17) is 0 Å². The number of rotatable bonds is 7. The van der Waals surface area contributed by atoms with Gasteiger partial charge in [0.05, 0.1) is 0 Å². The summed E-state index contributed by atoms with van der Waals surface area (Å²) in [5.74, 6) is 2.70. The lowest BCUT2D eigenvalue weighted by Gasteiger charge is -2.33. The van der Waals surface area contributed by atoms with E-state index in [1.165, 1.54) is 5.56 Å². The van der Waals surface area contributed by atoms with Gasteiger partial charge < -0.3 is 10.2 Å². The predicted molar refractivity (Wildman–Crippen MR) is 114 cm³/mol. The number of amides is 1. The fraction of sp³-hybridized carbons (Fsp3) is 0.522. The lowest BCUT2D eigenvalue weighted by atomic mass is 9.90. The molecule has 0 saturated carbocycles. The van der Waals surface area contributed by atoms with E-state index in [1.54, 1.807) is 0 Å². The zero-order valence-electron chi connectivity index (χ0n) is 17.3. The van der Waals surface area contributed by atoms with Crippen molar-refractivity contribution in [3.8, 4) is 0 Å². The van der Waals surface area contributed by atoms with Gasteiger partial charge in [0.15, 0.2) is 0 Å². The molecule has 0 radical (unpaired) electrons. The van der Waals surface area contributed by atoms with Crippen molar-refractivity contribution in [3.05, 3.63) is 53.5 Å². The highest BCUT2D eigenvalue weighted by Gasteiger charge is 2.22. The van der Waals surface area contributed by atoms with Gasteiger partial charge in [-0.05, 0) is 50.0 Å². The molecule has 1 aromatic carbocycles. The second-order valence-corrected chi connectivity index (χ2v) is 8.22. The molecule has 0 spiro atoms. The Kier molecular flexibility index (Phi) is 7.01. The Morgan fingerprint density at radius 1 is 1.18 bits per heavy atom. The quantitative estimate of drug-likeness (QED) is 0.788. The van der Waals surface area contributed by atoms with Crippen LogP contribution in [-0.2, 0) is 6.42 Å². The fourth-order valence-electron chi connectivity index (χ4n) is 3.71. The second-order valence-electron chi connectivity index (χ2n) is 8.22. The average Bonchev–Trinajstić information content (AvgIpc) is 2.68. The van der Waals surface area contributed by atoms with Crippen molar-refractivity contribution in [2.45, 2.75) is 46.5 Å². The van der Waals surface area contributed by atoms with Gasteiger partial charge in [0.1, 0.15) is 17.3 Å². The highest BCUT2D eigenvalue weighted by Crippen LogP contribution is 2.25. The molecule has 2 heterocycles. The van der Waals surface area contributed by atoms with Crippen LogP contribution in [0.3, 0.4) is 0 Å². The zero-order chi connectivity index (χ0) is 19.9. The van der Waals surface area contributed by atoms with Crippen LogP contribution in [0.5, 0.6) is 0 Å². The van der Waals surface area contributed by atoms with Gasteiger partial charge in [-0.25, -0.2) is 9.97 Å². The summed E-state index contributed by atoms with van der Waals surface area (Å²) in [4.78, 5) is 23.7. The maximum absolute atomic E-state index is 12.4. The van der Waals surface area contributed by atoms with Crippen molar-refractivity contribution in [2.75, 3.05) is 24.5 Å². The Balaban J connectivity index is 1.58. The number of carbonyl (C=O) groups excluding carboxylic acids is 1. The molecule has 1 N–H and O–H groups in total. The molecule has 28 heavy (non-hydrogen) atoms. The van der Waals surface area contributed by atoms with Crippen LogP contribution in [0.25, 0.3) is 0 Å². The van der Waals surface area contributed by atoms with Crippen LogP contribution in [0.4, 0.5) is 5.82 Å². The first kappa shape index (κ1) is 20.3. The van der Waals surface area contributed by atoms with Crippen LogP contribution in [0.15, 0.2) is 36.4 Å². The molecule has 2 aromatic rings. The van der Waals surface area contributed by atoms with Gasteiger partial charge in [-0.3, -0.25) is 4.79 Å². The van der Waals surface area contributed by atoms with Crippen molar-refractivity contribution in [1.82, 2.24) is 15.3 Å². The molecule has 150 valence electrons. The lowest BCUT2D eigenvalue weighted by molar-refractivity contribution is 0.0946. The highest BCUT2D eigenvalue weighted by molar-refractivity contribution is 5.92. The Morgan fingerprint density at radius 2 is 1.89 bits per heavy atom. The summed E-state index contributed by atoms with van der Waals surface area (Å²) in [5, 5.41) is 2.97. The van der Waals surface area contributed by atoms with Crippen molar-refractivity contribution in [2.24, 2.45) is 11.8 Å².